The van der Waals surface area contributed by atoms with Gasteiger partial charge in [-0.15, -0.1) is 0 Å². The van der Waals surface area contributed by atoms with E-state index in [1.54, 1.807) is 0 Å². The first-order chi connectivity index (χ1) is 4.13. The van der Waals surface area contributed by atoms with Crippen LogP contribution in [0.5, 0.6) is 0 Å². The maximum atomic E-state index is 9.29. The van der Waals surface area contributed by atoms with Gasteiger partial charge in [-0.05, 0) is 0 Å². The van der Waals surface area contributed by atoms with Crippen LogP contribution < -0.4 is 9.79 Å². The molecule has 0 bridgehead atoms. The van der Waals surface area contributed by atoms with Gasteiger partial charge in [-0.25, -0.2) is 0 Å². The molecule has 1 N–H and O–H groups in total. The molecule has 0 aliphatic rings. The Morgan fingerprint density at radius 2 is 1.40 bits per heavy atom. The van der Waals surface area contributed by atoms with Crippen molar-refractivity contribution in [1.82, 2.24) is 0 Å². The molecule has 0 saturated carbocycles. The van der Waals surface area contributed by atoms with E-state index in [-0.39, 0.29) is 48.9 Å². The molecule has 0 spiro atoms. The molecule has 0 aliphatic carbocycles. The Morgan fingerprint density at radius 1 is 1.20 bits per heavy atom. The van der Waals surface area contributed by atoms with Crippen LogP contribution >= 0.6 is 16.5 Å². The van der Waals surface area contributed by atoms with Gasteiger partial charge in [-0.3, -0.25) is 4.31 Å². The third-order valence-corrected chi connectivity index (χ3v) is 1.50. The van der Waals surface area contributed by atoms with Gasteiger partial charge in [0.1, 0.15) is 16.5 Å². The molecule has 2 atom stereocenters. The van der Waals surface area contributed by atoms with Crippen LogP contribution in [0.1, 0.15) is 0 Å². The van der Waals surface area contributed by atoms with Crippen molar-refractivity contribution in [3.05, 3.63) is 0 Å². The number of aliphatic hydroxyl groups is 1. The molecule has 0 aromatic carbocycles. The summed E-state index contributed by atoms with van der Waals surface area (Å²) in [5, 5.41) is 7.00. The molecule has 9 heteroatoms. The summed E-state index contributed by atoms with van der Waals surface area (Å²) in [6, 6.07) is 0. The van der Waals surface area contributed by atoms with Crippen LogP contribution in [0.3, 0.4) is 0 Å². The predicted octanol–water partition coefficient (Wildman–Crippen LogP) is -2.27. The van der Waals surface area contributed by atoms with Gasteiger partial charge in [0.2, 0.25) is 0 Å². The molecule has 0 heterocycles. The molecule has 0 rings (SSSR count). The summed E-state index contributed by atoms with van der Waals surface area (Å²) in [4.78, 5) is 18.6. The van der Waals surface area contributed by atoms with Crippen LogP contribution in [0, 0.1) is 0 Å². The minimum Gasteiger partial charge on any atom is -0.781 e. The summed E-state index contributed by atoms with van der Waals surface area (Å²) < 4.78 is 21.8. The number of aliphatic hydroxyl groups excluding tert-OH is 1. The Hall–Kier alpha value is 1.87. The summed E-state index contributed by atoms with van der Waals surface area (Å²) in [5.74, 6) is 0. The van der Waals surface area contributed by atoms with Crippen molar-refractivity contribution in [2.75, 3.05) is 7.11 Å². The largest absolute Gasteiger partial charge is 2.00 e. The van der Waals surface area contributed by atoms with E-state index in [9.17, 15) is 18.9 Å². The average Bonchev–Trinajstić information content (AvgIpc) is 1.68. The molecule has 2 unspecified atom stereocenters. The Kier molecular flexibility index (Phi) is 24.0. The normalized spacial score (nSPS) is 13.6. The monoisotopic (exact) mass is 314 g/mol. The fourth-order valence-electron chi connectivity index (χ4n) is 0.0680. The first kappa shape index (κ1) is 17.8. The number of hydrogen-bond donors (Lipinski definition) is 1. The van der Waals surface area contributed by atoms with Crippen molar-refractivity contribution in [1.29, 1.82) is 0 Å². The summed E-state index contributed by atoms with van der Waals surface area (Å²) >= 11 is 0. The minimum absolute atomic E-state index is 0. The molecule has 0 saturated heterocycles. The van der Waals surface area contributed by atoms with Gasteiger partial charge in [0.15, 0.2) is 0 Å². The van der Waals surface area contributed by atoms with Gasteiger partial charge in [0.05, 0.1) is 0 Å². The zero-order valence-corrected chi connectivity index (χ0v) is 11.6. The zero-order chi connectivity index (χ0) is 7.86. The van der Waals surface area contributed by atoms with Crippen molar-refractivity contribution in [2.24, 2.45) is 0 Å². The maximum absolute atomic E-state index is 9.29. The third kappa shape index (κ3) is 22.5. The van der Waals surface area contributed by atoms with Gasteiger partial charge in [0, 0.05) is 7.11 Å². The van der Waals surface area contributed by atoms with Gasteiger partial charge in [-0.2, -0.15) is 0 Å². The summed E-state index contributed by atoms with van der Waals surface area (Å²) in [7, 11) is -6.03. The van der Waals surface area contributed by atoms with Gasteiger partial charge in [0.25, 0.3) is 0 Å². The molecule has 0 fully saturated rings. The van der Waals surface area contributed by atoms with E-state index in [0.29, 0.717) is 0 Å². The summed E-state index contributed by atoms with van der Waals surface area (Å²) in [5.41, 5.74) is 0. The summed E-state index contributed by atoms with van der Waals surface area (Å²) in [6.45, 7) is 0. The van der Waals surface area contributed by atoms with Crippen LogP contribution in [0.25, 0.3) is 0 Å². The van der Waals surface area contributed by atoms with Crippen molar-refractivity contribution in [3.8, 4) is 0 Å². The van der Waals surface area contributed by atoms with E-state index in [1.807, 2.05) is 0 Å². The standard InChI is InChI=1S/CH4O.Ba.H4O5P2/c1-2;;1-6(2)5-7(3)4/h2H,1H3;;6-7H,(H,1,2)(H,3,4)/q;+2;/p-2. The van der Waals surface area contributed by atoms with E-state index in [0.717, 1.165) is 7.11 Å². The van der Waals surface area contributed by atoms with Crippen LogP contribution in [-0.2, 0) is 13.4 Å². The first-order valence-corrected chi connectivity index (χ1v) is 4.12. The maximum Gasteiger partial charge on any atom is 2.00 e. The smallest absolute Gasteiger partial charge is 0.781 e. The molecular formula is CH6BaO6P2. The molecule has 58 valence electrons. The Labute approximate surface area is 99.6 Å². The SMILES string of the molecule is CO.O=[PH]([O-])O[PH](=O)[O-].[Ba+2]. The van der Waals surface area contributed by atoms with Gasteiger partial charge in [-0.1, -0.05) is 0 Å². The fraction of sp³-hybridized carbons (Fsp3) is 1.00. The van der Waals surface area contributed by atoms with Crippen LogP contribution in [0.4, 0.5) is 0 Å². The van der Waals surface area contributed by atoms with Crippen LogP contribution in [0.2, 0.25) is 0 Å². The van der Waals surface area contributed by atoms with Gasteiger partial charge >= 0.3 is 48.9 Å². The fourth-order valence-corrected chi connectivity index (χ4v) is 0.612. The minimum atomic E-state index is -3.51. The zero-order valence-electron chi connectivity index (χ0n) is 5.20. The first-order valence-electron chi connectivity index (χ1n) is 1.67. The van der Waals surface area contributed by atoms with Crippen molar-refractivity contribution < 1.29 is 28.3 Å². The Balaban J connectivity index is -0.000000149. The Bertz CT molecular complexity index is 91.9. The van der Waals surface area contributed by atoms with E-state index >= 15 is 0 Å². The second kappa shape index (κ2) is 13.5. The topological polar surface area (TPSA) is 110 Å². The van der Waals surface area contributed by atoms with E-state index < -0.39 is 16.5 Å². The number of hydrogen-bond acceptors (Lipinski definition) is 6. The summed E-state index contributed by atoms with van der Waals surface area (Å²) in [6.07, 6.45) is 0. The quantitative estimate of drug-likeness (QED) is 0.455. The third-order valence-electron chi connectivity index (χ3n) is 0.167. The average molecular weight is 313 g/mol. The predicted molar refractivity (Wildman–Crippen MR) is 33.0 cm³/mol. The Morgan fingerprint density at radius 3 is 1.40 bits per heavy atom. The second-order valence-corrected chi connectivity index (χ2v) is 2.42. The van der Waals surface area contributed by atoms with Gasteiger partial charge < -0.3 is 24.0 Å². The molecule has 0 radical (unpaired) electrons. The molecule has 0 amide bonds. The van der Waals surface area contributed by atoms with E-state index in [2.05, 4.69) is 4.31 Å². The molecule has 0 aromatic rings. The molecular weight excluding hydrogens is 307 g/mol. The van der Waals surface area contributed by atoms with Crippen molar-refractivity contribution in [2.45, 2.75) is 0 Å². The van der Waals surface area contributed by atoms with E-state index in [4.69, 9.17) is 5.11 Å². The molecule has 6 nitrogen and oxygen atoms in total. The molecule has 10 heavy (non-hydrogen) atoms. The second-order valence-electron chi connectivity index (χ2n) is 0.602. The van der Waals surface area contributed by atoms with E-state index in [1.165, 1.54) is 0 Å². The van der Waals surface area contributed by atoms with Crippen molar-refractivity contribution in [3.63, 3.8) is 0 Å². The number of rotatable bonds is 2. The van der Waals surface area contributed by atoms with Crippen LogP contribution in [-0.4, -0.2) is 61.1 Å². The molecule has 0 aromatic heterocycles. The van der Waals surface area contributed by atoms with Crippen molar-refractivity contribution >= 4 is 65.4 Å². The van der Waals surface area contributed by atoms with Crippen LogP contribution in [0.15, 0.2) is 0 Å². The molecule has 0 aliphatic heterocycles.